The maximum atomic E-state index is 11.0. The fraction of sp³-hybridized carbons (Fsp3) is 0. The van der Waals surface area contributed by atoms with Gasteiger partial charge in [0.05, 0.1) is 0 Å². The summed E-state index contributed by atoms with van der Waals surface area (Å²) in [5, 5.41) is 0. The second-order valence-electron chi connectivity index (χ2n) is 0.794. The molecule has 36 valence electrons. The van der Waals surface area contributed by atoms with Gasteiger partial charge in [0.1, 0.15) is 5.73 Å². The molecule has 0 N–H and O–H groups in total. The van der Waals surface area contributed by atoms with Crippen LogP contribution in [-0.2, 0) is 0 Å². The molecule has 5 heteroatoms. The third-order valence-corrected chi connectivity index (χ3v) is 0.260. The van der Waals surface area contributed by atoms with Crippen molar-refractivity contribution < 1.29 is 13.2 Å². The average Bonchev–Trinajstić information content (AvgIpc) is 1.36. The van der Waals surface area contributed by atoms with Gasteiger partial charge in [-0.3, -0.25) is 0 Å². The monoisotopic (exact) mass is 134 g/mol. The zero-order chi connectivity index (χ0) is 5.15. The fourth-order valence-electron chi connectivity index (χ4n) is 0. The molecule has 0 fully saturated rings. The molecule has 0 aromatic heterocycles. The van der Waals surface area contributed by atoms with Crippen LogP contribution in [0.1, 0.15) is 0 Å². The van der Waals surface area contributed by atoms with Crippen molar-refractivity contribution in [3.63, 3.8) is 0 Å². The first-order valence-electron chi connectivity index (χ1n) is 1.32. The first-order chi connectivity index (χ1) is 2.64. The van der Waals surface area contributed by atoms with E-state index in [1.807, 2.05) is 0 Å². The Kier molecular flexibility index (Phi) is 8.50. The summed E-state index contributed by atoms with van der Waals surface area (Å²) in [6.45, 7) is 0. The molecular formula is C2H3BF3K. The molecule has 0 saturated heterocycles. The third kappa shape index (κ3) is 7.23. The topological polar surface area (TPSA) is 0 Å². The Bertz CT molecular complexity index is 63.0. The quantitative estimate of drug-likeness (QED) is 0.409. The third-order valence-electron chi connectivity index (χ3n) is 0.260. The molecule has 0 aromatic rings. The minimum absolute atomic E-state index is 0. The van der Waals surface area contributed by atoms with Gasteiger partial charge in [-0.25, -0.2) is 4.39 Å². The van der Waals surface area contributed by atoms with E-state index in [2.05, 4.69) is 0 Å². The molecule has 7 heavy (non-hydrogen) atoms. The number of rotatable bonds is 0. The molecule has 0 rings (SSSR count). The zero-order valence-electron chi connectivity index (χ0n) is 3.13. The summed E-state index contributed by atoms with van der Waals surface area (Å²) < 4.78 is 32.3. The predicted molar refractivity (Wildman–Crippen MR) is 26.0 cm³/mol. The van der Waals surface area contributed by atoms with E-state index >= 15 is 0 Å². The summed E-state index contributed by atoms with van der Waals surface area (Å²) in [4.78, 5) is 0. The molecule has 0 aliphatic carbocycles. The maximum absolute atomic E-state index is 11.0. The van der Waals surface area contributed by atoms with Crippen LogP contribution < -0.4 is 0 Å². The van der Waals surface area contributed by atoms with E-state index in [9.17, 15) is 13.2 Å². The van der Waals surface area contributed by atoms with Gasteiger partial charge in [0.15, 0.2) is 7.85 Å². The molecule has 0 atom stereocenters. The Labute approximate surface area is 83.0 Å². The Morgan fingerprint density at radius 3 is 1.29 bits per heavy atom. The summed E-state index contributed by atoms with van der Waals surface area (Å²) in [7, 11) is 0.704. The Morgan fingerprint density at radius 1 is 1.14 bits per heavy atom. The Morgan fingerprint density at radius 2 is 1.29 bits per heavy atom. The fourth-order valence-corrected chi connectivity index (χ4v) is 0. The Balaban J connectivity index is 0. The summed E-state index contributed by atoms with van der Waals surface area (Å²) in [6, 6.07) is 0. The standard InChI is InChI=1S/C2H2BF3.K.H/c3-1(4)2(5)6;;/h3H2;;. The SMILES string of the molecule is BC(F)=C(F)F.[KH]. The number of hydrogen-bond acceptors (Lipinski definition) is 0. The average molecular weight is 134 g/mol. The van der Waals surface area contributed by atoms with Gasteiger partial charge in [-0.15, -0.1) is 0 Å². The number of halogens is 3. The van der Waals surface area contributed by atoms with Crippen molar-refractivity contribution in [1.82, 2.24) is 0 Å². The van der Waals surface area contributed by atoms with Crippen LogP contribution in [0.4, 0.5) is 13.2 Å². The molecule has 0 bridgehead atoms. The van der Waals surface area contributed by atoms with E-state index in [0.29, 0.717) is 7.85 Å². The molecule has 0 unspecified atom stereocenters. The number of hydrogen-bond donors (Lipinski definition) is 0. The van der Waals surface area contributed by atoms with E-state index in [4.69, 9.17) is 0 Å². The summed E-state index contributed by atoms with van der Waals surface area (Å²) >= 11 is 0. The van der Waals surface area contributed by atoms with Crippen LogP contribution in [0, 0.1) is 0 Å². The summed E-state index contributed by atoms with van der Waals surface area (Å²) in [6.07, 6.45) is -2.24. The second kappa shape index (κ2) is 5.37. The van der Waals surface area contributed by atoms with Crippen molar-refractivity contribution in [3.05, 3.63) is 11.8 Å². The summed E-state index contributed by atoms with van der Waals surface area (Å²) in [5.41, 5.74) is -1.41. The molecule has 0 spiro atoms. The van der Waals surface area contributed by atoms with Gasteiger partial charge in [-0.1, -0.05) is 0 Å². The van der Waals surface area contributed by atoms with Gasteiger partial charge in [-0.05, 0) is 0 Å². The predicted octanol–water partition coefficient (Wildman–Crippen LogP) is 0.00610. The van der Waals surface area contributed by atoms with Gasteiger partial charge in [-0.2, -0.15) is 8.78 Å². The van der Waals surface area contributed by atoms with Crippen LogP contribution in [0.25, 0.3) is 0 Å². The molecule has 0 aliphatic rings. The van der Waals surface area contributed by atoms with E-state index < -0.39 is 11.8 Å². The Hall–Kier alpha value is 1.23. The van der Waals surface area contributed by atoms with E-state index in [1.165, 1.54) is 0 Å². The van der Waals surface area contributed by atoms with Crippen LogP contribution in [-0.4, -0.2) is 59.2 Å². The van der Waals surface area contributed by atoms with Crippen LogP contribution in [0.15, 0.2) is 11.8 Å². The molecule has 0 aromatic carbocycles. The van der Waals surface area contributed by atoms with Crippen LogP contribution in [0.5, 0.6) is 0 Å². The molecule has 0 amide bonds. The van der Waals surface area contributed by atoms with E-state index in [0.717, 1.165) is 0 Å². The van der Waals surface area contributed by atoms with Crippen molar-refractivity contribution in [2.45, 2.75) is 0 Å². The summed E-state index contributed by atoms with van der Waals surface area (Å²) in [5.74, 6) is 0. The van der Waals surface area contributed by atoms with Gasteiger partial charge < -0.3 is 0 Å². The van der Waals surface area contributed by atoms with Crippen molar-refractivity contribution in [2.24, 2.45) is 0 Å². The van der Waals surface area contributed by atoms with Crippen molar-refractivity contribution in [3.8, 4) is 0 Å². The van der Waals surface area contributed by atoms with E-state index in [1.54, 1.807) is 0 Å². The van der Waals surface area contributed by atoms with Crippen LogP contribution in [0.2, 0.25) is 0 Å². The van der Waals surface area contributed by atoms with Gasteiger partial charge in [0.2, 0.25) is 0 Å². The van der Waals surface area contributed by atoms with Gasteiger partial charge >= 0.3 is 51.4 Å². The first-order valence-corrected chi connectivity index (χ1v) is 1.32. The molecule has 0 aliphatic heterocycles. The molecule has 0 saturated carbocycles. The minimum atomic E-state index is -2.24. The molecule has 0 nitrogen and oxygen atoms in total. The molecular weight excluding hydrogens is 131 g/mol. The normalized spacial score (nSPS) is 6.71. The van der Waals surface area contributed by atoms with Crippen molar-refractivity contribution in [2.75, 3.05) is 0 Å². The van der Waals surface area contributed by atoms with E-state index in [-0.39, 0.29) is 51.4 Å². The van der Waals surface area contributed by atoms with Gasteiger partial charge in [0.25, 0.3) is 6.08 Å². The van der Waals surface area contributed by atoms with Gasteiger partial charge in [0, 0.05) is 0 Å². The van der Waals surface area contributed by atoms with Crippen molar-refractivity contribution >= 4 is 59.2 Å². The second-order valence-corrected chi connectivity index (χ2v) is 0.794. The first kappa shape index (κ1) is 11.1. The zero-order valence-corrected chi connectivity index (χ0v) is 3.13. The molecule has 0 heterocycles. The van der Waals surface area contributed by atoms with Crippen molar-refractivity contribution in [1.29, 1.82) is 0 Å². The van der Waals surface area contributed by atoms with Crippen LogP contribution in [0.3, 0.4) is 0 Å². The molecule has 0 radical (unpaired) electrons. The van der Waals surface area contributed by atoms with Crippen LogP contribution >= 0.6 is 0 Å².